The second-order valence-electron chi connectivity index (χ2n) is 5.05. The van der Waals surface area contributed by atoms with Crippen LogP contribution < -0.4 is 10.1 Å². The maximum absolute atomic E-state index is 12.4. The van der Waals surface area contributed by atoms with Crippen molar-refractivity contribution in [2.24, 2.45) is 0 Å². The Morgan fingerprint density at radius 1 is 1.29 bits per heavy atom. The van der Waals surface area contributed by atoms with Crippen LogP contribution in [0.15, 0.2) is 42.6 Å². The largest absolute Gasteiger partial charge is 0.494 e. The minimum Gasteiger partial charge on any atom is -0.494 e. The van der Waals surface area contributed by atoms with Gasteiger partial charge in [0.05, 0.1) is 31.1 Å². The molecule has 122 valence electrons. The quantitative estimate of drug-likeness (QED) is 0.760. The van der Waals surface area contributed by atoms with Gasteiger partial charge in [0.25, 0.3) is 5.91 Å². The van der Waals surface area contributed by atoms with Crippen molar-refractivity contribution in [1.29, 1.82) is 0 Å². The molecule has 0 unspecified atom stereocenters. The molecule has 3 aromatic rings. The maximum Gasteiger partial charge on any atom is 0.255 e. The Kier molecular flexibility index (Phi) is 4.46. The lowest BCUT2D eigenvalue weighted by Crippen LogP contribution is -2.25. The number of carbonyl (C=O) groups excluding carboxylic acids is 1. The van der Waals surface area contributed by atoms with E-state index in [1.807, 2.05) is 37.3 Å². The molecule has 0 spiro atoms. The third-order valence-corrected chi connectivity index (χ3v) is 3.41. The van der Waals surface area contributed by atoms with E-state index in [0.29, 0.717) is 17.1 Å². The van der Waals surface area contributed by atoms with E-state index in [2.05, 4.69) is 25.8 Å². The summed E-state index contributed by atoms with van der Waals surface area (Å²) in [6, 6.07) is 11.1. The summed E-state index contributed by atoms with van der Waals surface area (Å²) < 4.78 is 6.76. The number of pyridine rings is 1. The summed E-state index contributed by atoms with van der Waals surface area (Å²) in [5.74, 6) is 0.667. The lowest BCUT2D eigenvalue weighted by atomic mass is 10.2. The highest BCUT2D eigenvalue weighted by Gasteiger charge is 2.15. The van der Waals surface area contributed by atoms with Crippen LogP contribution >= 0.6 is 0 Å². The minimum atomic E-state index is -0.278. The van der Waals surface area contributed by atoms with Crippen molar-refractivity contribution in [2.75, 3.05) is 7.11 Å². The number of ether oxygens (including phenoxy) is 1. The Labute approximate surface area is 138 Å². The first kappa shape index (κ1) is 15.6. The van der Waals surface area contributed by atoms with Gasteiger partial charge < -0.3 is 10.1 Å². The van der Waals surface area contributed by atoms with Gasteiger partial charge in [0, 0.05) is 5.69 Å². The molecule has 0 bridgehead atoms. The lowest BCUT2D eigenvalue weighted by Gasteiger charge is -2.09. The highest BCUT2D eigenvalue weighted by Crippen LogP contribution is 2.17. The molecule has 0 atom stereocenters. The van der Waals surface area contributed by atoms with Crippen molar-refractivity contribution in [2.45, 2.75) is 13.5 Å². The van der Waals surface area contributed by atoms with E-state index in [9.17, 15) is 4.79 Å². The number of amides is 1. The zero-order chi connectivity index (χ0) is 16.9. The molecule has 0 saturated heterocycles. The van der Waals surface area contributed by atoms with Gasteiger partial charge in [-0.1, -0.05) is 18.2 Å². The fraction of sp³-hybridized carbons (Fsp3) is 0.188. The molecule has 1 N–H and O–H groups in total. The number of hydrogen-bond donors (Lipinski definition) is 1. The molecule has 2 heterocycles. The topological polar surface area (TPSA) is 94.8 Å². The van der Waals surface area contributed by atoms with Gasteiger partial charge in [-0.2, -0.15) is 4.68 Å². The third-order valence-electron chi connectivity index (χ3n) is 3.41. The van der Waals surface area contributed by atoms with Crippen LogP contribution in [0.5, 0.6) is 5.75 Å². The van der Waals surface area contributed by atoms with Crippen molar-refractivity contribution < 1.29 is 9.53 Å². The van der Waals surface area contributed by atoms with Crippen LogP contribution in [0, 0.1) is 6.92 Å². The number of rotatable bonds is 5. The second-order valence-corrected chi connectivity index (χ2v) is 5.05. The van der Waals surface area contributed by atoms with Crippen LogP contribution in [0.2, 0.25) is 0 Å². The van der Waals surface area contributed by atoms with Crippen molar-refractivity contribution in [1.82, 2.24) is 30.5 Å². The van der Waals surface area contributed by atoms with Crippen molar-refractivity contribution in [3.8, 4) is 11.4 Å². The summed E-state index contributed by atoms with van der Waals surface area (Å²) in [4.78, 5) is 16.5. The molecule has 0 fully saturated rings. The first-order chi connectivity index (χ1) is 11.7. The SMILES string of the molecule is COc1cnc(C)cc1C(=O)NCc1nnnn1-c1ccccc1. The van der Waals surface area contributed by atoms with E-state index in [0.717, 1.165) is 11.4 Å². The predicted molar refractivity (Wildman–Crippen MR) is 85.9 cm³/mol. The van der Waals surface area contributed by atoms with Crippen LogP contribution in [-0.4, -0.2) is 38.2 Å². The zero-order valence-electron chi connectivity index (χ0n) is 13.3. The van der Waals surface area contributed by atoms with E-state index in [1.54, 1.807) is 10.7 Å². The molecule has 0 radical (unpaired) electrons. The van der Waals surface area contributed by atoms with Gasteiger partial charge in [-0.3, -0.25) is 9.78 Å². The summed E-state index contributed by atoms with van der Waals surface area (Å²) in [6.45, 7) is 2.00. The molecule has 8 heteroatoms. The molecule has 0 aliphatic heterocycles. The monoisotopic (exact) mass is 324 g/mol. The van der Waals surface area contributed by atoms with Gasteiger partial charge in [0.1, 0.15) is 5.75 Å². The number of aromatic nitrogens is 5. The first-order valence-electron chi connectivity index (χ1n) is 7.30. The molecule has 2 aromatic heterocycles. The summed E-state index contributed by atoms with van der Waals surface area (Å²) >= 11 is 0. The molecule has 0 saturated carbocycles. The van der Waals surface area contributed by atoms with Crippen LogP contribution in [0.1, 0.15) is 21.9 Å². The number of methoxy groups -OCH3 is 1. The normalized spacial score (nSPS) is 10.4. The summed E-state index contributed by atoms with van der Waals surface area (Å²) in [7, 11) is 1.50. The number of carbonyl (C=O) groups is 1. The van der Waals surface area contributed by atoms with Gasteiger partial charge in [0.2, 0.25) is 0 Å². The van der Waals surface area contributed by atoms with Crippen molar-refractivity contribution in [3.63, 3.8) is 0 Å². The molecular formula is C16H16N6O2. The van der Waals surface area contributed by atoms with Crippen molar-refractivity contribution >= 4 is 5.91 Å². The van der Waals surface area contributed by atoms with Gasteiger partial charge in [0.15, 0.2) is 5.82 Å². The molecule has 0 aliphatic carbocycles. The van der Waals surface area contributed by atoms with Crippen LogP contribution in [-0.2, 0) is 6.54 Å². The molecule has 24 heavy (non-hydrogen) atoms. The van der Waals surface area contributed by atoms with Gasteiger partial charge in [-0.25, -0.2) is 0 Å². The Balaban J connectivity index is 1.77. The van der Waals surface area contributed by atoms with Crippen LogP contribution in [0.4, 0.5) is 0 Å². The average Bonchev–Trinajstić information content (AvgIpc) is 3.09. The first-order valence-corrected chi connectivity index (χ1v) is 7.30. The Hall–Kier alpha value is -3.29. The lowest BCUT2D eigenvalue weighted by molar-refractivity contribution is 0.0946. The smallest absolute Gasteiger partial charge is 0.255 e. The van der Waals surface area contributed by atoms with E-state index in [-0.39, 0.29) is 12.5 Å². The number of aryl methyl sites for hydroxylation is 1. The van der Waals surface area contributed by atoms with Gasteiger partial charge in [-0.15, -0.1) is 5.10 Å². The summed E-state index contributed by atoms with van der Waals surface area (Å²) in [5.41, 5.74) is 1.97. The predicted octanol–water partition coefficient (Wildman–Crippen LogP) is 1.30. The standard InChI is InChI=1S/C16H16N6O2/c1-11-8-13(14(24-2)9-17-11)16(23)18-10-15-19-20-21-22(15)12-6-4-3-5-7-12/h3-9H,10H2,1-2H3,(H,18,23). The Morgan fingerprint density at radius 2 is 2.08 bits per heavy atom. The van der Waals surface area contributed by atoms with Crippen LogP contribution in [0.3, 0.4) is 0 Å². The fourth-order valence-corrected chi connectivity index (χ4v) is 2.23. The fourth-order valence-electron chi connectivity index (χ4n) is 2.23. The van der Waals surface area contributed by atoms with E-state index < -0.39 is 0 Å². The molecule has 3 rings (SSSR count). The summed E-state index contributed by atoms with van der Waals surface area (Å²) in [5, 5.41) is 14.4. The molecule has 1 aromatic carbocycles. The van der Waals surface area contributed by atoms with Crippen molar-refractivity contribution in [3.05, 3.63) is 59.7 Å². The van der Waals surface area contributed by atoms with E-state index in [1.165, 1.54) is 13.3 Å². The van der Waals surface area contributed by atoms with Gasteiger partial charge in [-0.05, 0) is 35.5 Å². The highest BCUT2D eigenvalue weighted by atomic mass is 16.5. The Bertz CT molecular complexity index is 847. The number of nitrogens with one attached hydrogen (secondary N) is 1. The third kappa shape index (κ3) is 3.22. The molecule has 8 nitrogen and oxygen atoms in total. The van der Waals surface area contributed by atoms with E-state index >= 15 is 0 Å². The maximum atomic E-state index is 12.4. The molecule has 1 amide bonds. The Morgan fingerprint density at radius 3 is 2.83 bits per heavy atom. The van der Waals surface area contributed by atoms with Gasteiger partial charge >= 0.3 is 0 Å². The second kappa shape index (κ2) is 6.86. The number of para-hydroxylation sites is 1. The van der Waals surface area contributed by atoms with Crippen LogP contribution in [0.25, 0.3) is 5.69 Å². The van der Waals surface area contributed by atoms with E-state index in [4.69, 9.17) is 4.74 Å². The minimum absolute atomic E-state index is 0.186. The number of nitrogens with zero attached hydrogens (tertiary/aromatic N) is 5. The number of hydrogen-bond acceptors (Lipinski definition) is 6. The molecular weight excluding hydrogens is 308 g/mol. The zero-order valence-corrected chi connectivity index (χ0v) is 13.3. The summed E-state index contributed by atoms with van der Waals surface area (Å²) in [6.07, 6.45) is 1.53. The highest BCUT2D eigenvalue weighted by molar-refractivity contribution is 5.96. The molecule has 0 aliphatic rings. The number of benzene rings is 1. The number of tetrazole rings is 1. The average molecular weight is 324 g/mol.